The monoisotopic (exact) mass is 971 g/mol. The first kappa shape index (κ1) is 66.9. The molecule has 0 saturated carbocycles. The zero-order chi connectivity index (χ0) is 50.0. The van der Waals surface area contributed by atoms with Crippen LogP contribution in [0.5, 0.6) is 0 Å². The predicted octanol–water partition coefficient (Wildman–Crippen LogP) is 20.7. The largest absolute Gasteiger partial charge is 0.462 e. The lowest BCUT2D eigenvalue weighted by molar-refractivity contribution is -0.167. The molecule has 0 aliphatic carbocycles. The molecule has 0 aromatic heterocycles. The van der Waals surface area contributed by atoms with E-state index in [2.05, 4.69) is 45.1 Å². The number of allylic oxidation sites excluding steroid dienone is 4. The third kappa shape index (κ3) is 56.7. The number of hydrogen-bond donors (Lipinski definition) is 0. The number of hydrogen-bond acceptors (Lipinski definition) is 6. The van der Waals surface area contributed by atoms with Crippen molar-refractivity contribution in [3.05, 3.63) is 24.3 Å². The number of carbonyl (C=O) groups is 3. The Balaban J connectivity index is 4.20. The smallest absolute Gasteiger partial charge is 0.306 e. The van der Waals surface area contributed by atoms with E-state index in [0.717, 1.165) is 64.2 Å². The molecule has 0 radical (unpaired) electrons. The molecule has 1 atom stereocenters. The van der Waals surface area contributed by atoms with E-state index >= 15 is 0 Å². The third-order valence-corrected chi connectivity index (χ3v) is 14.0. The van der Waals surface area contributed by atoms with Crippen molar-refractivity contribution >= 4 is 17.9 Å². The first-order valence-electron chi connectivity index (χ1n) is 30.8. The molecule has 0 amide bonds. The Labute approximate surface area is 430 Å². The van der Waals surface area contributed by atoms with Crippen LogP contribution < -0.4 is 0 Å². The summed E-state index contributed by atoms with van der Waals surface area (Å²) < 4.78 is 16.9. The van der Waals surface area contributed by atoms with Crippen LogP contribution in [0.1, 0.15) is 342 Å². The highest BCUT2D eigenvalue weighted by atomic mass is 16.6. The van der Waals surface area contributed by atoms with Gasteiger partial charge in [0.05, 0.1) is 0 Å². The summed E-state index contributed by atoms with van der Waals surface area (Å²) in [6, 6.07) is 0. The third-order valence-electron chi connectivity index (χ3n) is 14.0. The van der Waals surface area contributed by atoms with E-state index in [9.17, 15) is 14.4 Å². The van der Waals surface area contributed by atoms with Gasteiger partial charge in [-0.1, -0.05) is 295 Å². The molecule has 0 N–H and O–H groups in total. The second-order valence-corrected chi connectivity index (χ2v) is 21.0. The molecule has 0 bridgehead atoms. The molecular weight excluding hydrogens is 853 g/mol. The lowest BCUT2D eigenvalue weighted by atomic mass is 10.0. The van der Waals surface area contributed by atoms with Gasteiger partial charge in [0.2, 0.25) is 0 Å². The summed E-state index contributed by atoms with van der Waals surface area (Å²) in [7, 11) is 0. The lowest BCUT2D eigenvalue weighted by Gasteiger charge is -2.18. The van der Waals surface area contributed by atoms with E-state index in [1.807, 2.05) is 0 Å². The minimum atomic E-state index is -0.765. The van der Waals surface area contributed by atoms with Crippen molar-refractivity contribution in [2.75, 3.05) is 13.2 Å². The lowest BCUT2D eigenvalue weighted by Crippen LogP contribution is -2.30. The van der Waals surface area contributed by atoms with Crippen molar-refractivity contribution in [3.8, 4) is 0 Å². The molecule has 0 saturated heterocycles. The summed E-state index contributed by atoms with van der Waals surface area (Å²) in [5.74, 6) is -0.842. The van der Waals surface area contributed by atoms with Gasteiger partial charge in [-0.3, -0.25) is 14.4 Å². The highest BCUT2D eigenvalue weighted by Gasteiger charge is 2.19. The maximum atomic E-state index is 12.8. The van der Waals surface area contributed by atoms with Crippen molar-refractivity contribution in [2.45, 2.75) is 348 Å². The van der Waals surface area contributed by atoms with E-state index in [-0.39, 0.29) is 31.1 Å². The van der Waals surface area contributed by atoms with Crippen LogP contribution >= 0.6 is 0 Å². The number of unbranched alkanes of at least 4 members (excludes halogenated alkanes) is 42. The fourth-order valence-corrected chi connectivity index (χ4v) is 9.30. The minimum absolute atomic E-state index is 0.0650. The van der Waals surface area contributed by atoms with E-state index < -0.39 is 6.10 Å². The Bertz CT molecular complexity index is 1110. The summed E-state index contributed by atoms with van der Waals surface area (Å²) in [5.41, 5.74) is 0. The fraction of sp³-hybridized carbons (Fsp3) is 0.889. The minimum Gasteiger partial charge on any atom is -0.462 e. The summed E-state index contributed by atoms with van der Waals surface area (Å²) in [4.78, 5) is 38.2. The molecule has 0 aromatic carbocycles. The normalized spacial score (nSPS) is 12.1. The van der Waals surface area contributed by atoms with Crippen LogP contribution in [0.2, 0.25) is 0 Å². The zero-order valence-corrected chi connectivity index (χ0v) is 46.6. The standard InChI is InChI=1S/C63H118O6/c1-4-7-10-13-16-19-22-25-27-28-29-30-31-32-33-34-35-36-37-39-41-44-47-50-53-56-62(65)68-59-60(58-67-61(64)55-52-49-46-43-40-24-21-18-15-12-9-6-3)69-63(66)57-54-51-48-45-42-38-26-23-20-17-14-11-8-5-2/h22,25,28-29,60H,4-21,23-24,26-27,30-59H2,1-3H3/b25-22-,29-28-. The van der Waals surface area contributed by atoms with E-state index in [1.54, 1.807) is 0 Å². The van der Waals surface area contributed by atoms with Gasteiger partial charge in [-0.2, -0.15) is 0 Å². The Kier molecular flexibility index (Phi) is 56.7. The molecule has 1 unspecified atom stereocenters. The van der Waals surface area contributed by atoms with Crippen molar-refractivity contribution in [1.82, 2.24) is 0 Å². The Morgan fingerprint density at radius 1 is 0.290 bits per heavy atom. The van der Waals surface area contributed by atoms with Gasteiger partial charge in [-0.15, -0.1) is 0 Å². The highest BCUT2D eigenvalue weighted by molar-refractivity contribution is 5.71. The zero-order valence-electron chi connectivity index (χ0n) is 46.6. The molecular formula is C63H118O6. The Morgan fingerprint density at radius 3 is 0.797 bits per heavy atom. The van der Waals surface area contributed by atoms with Gasteiger partial charge < -0.3 is 14.2 Å². The maximum Gasteiger partial charge on any atom is 0.306 e. The van der Waals surface area contributed by atoms with Gasteiger partial charge in [0.15, 0.2) is 6.10 Å². The molecule has 6 heteroatoms. The molecule has 0 fully saturated rings. The molecule has 406 valence electrons. The number of ether oxygens (including phenoxy) is 3. The first-order valence-corrected chi connectivity index (χ1v) is 30.8. The average Bonchev–Trinajstić information content (AvgIpc) is 3.35. The van der Waals surface area contributed by atoms with Gasteiger partial charge >= 0.3 is 17.9 Å². The van der Waals surface area contributed by atoms with Crippen LogP contribution in [0, 0.1) is 0 Å². The van der Waals surface area contributed by atoms with E-state index in [1.165, 1.54) is 238 Å². The number of rotatable bonds is 57. The van der Waals surface area contributed by atoms with Crippen LogP contribution in [0.25, 0.3) is 0 Å². The van der Waals surface area contributed by atoms with Gasteiger partial charge in [-0.25, -0.2) is 0 Å². The summed E-state index contributed by atoms with van der Waals surface area (Å²) >= 11 is 0. The molecule has 0 aromatic rings. The summed E-state index contributed by atoms with van der Waals surface area (Å²) in [6.07, 6.45) is 68.9. The number of carbonyl (C=O) groups excluding carboxylic acids is 3. The second kappa shape index (κ2) is 58.5. The summed E-state index contributed by atoms with van der Waals surface area (Å²) in [5, 5.41) is 0. The molecule has 0 rings (SSSR count). The molecule has 0 heterocycles. The van der Waals surface area contributed by atoms with Crippen LogP contribution in [-0.4, -0.2) is 37.2 Å². The van der Waals surface area contributed by atoms with Gasteiger partial charge in [0.25, 0.3) is 0 Å². The molecule has 0 aliphatic rings. The topological polar surface area (TPSA) is 78.9 Å². The van der Waals surface area contributed by atoms with Crippen molar-refractivity contribution in [2.24, 2.45) is 0 Å². The van der Waals surface area contributed by atoms with Crippen LogP contribution in [0.3, 0.4) is 0 Å². The SMILES string of the molecule is CCCCCCC/C=C\C/C=C\CCCCCCCCCCCCCCCC(=O)OCC(COC(=O)CCCCCCCCCCCCCC)OC(=O)CCCCCCCCCCCCCCCC. The molecule has 6 nitrogen and oxygen atoms in total. The highest BCUT2D eigenvalue weighted by Crippen LogP contribution is 2.17. The Morgan fingerprint density at radius 2 is 0.522 bits per heavy atom. The van der Waals surface area contributed by atoms with Crippen LogP contribution in [0.15, 0.2) is 24.3 Å². The van der Waals surface area contributed by atoms with Crippen molar-refractivity contribution < 1.29 is 28.6 Å². The maximum absolute atomic E-state index is 12.8. The van der Waals surface area contributed by atoms with E-state index in [4.69, 9.17) is 14.2 Å². The first-order chi connectivity index (χ1) is 34.0. The van der Waals surface area contributed by atoms with Crippen molar-refractivity contribution in [1.29, 1.82) is 0 Å². The fourth-order valence-electron chi connectivity index (χ4n) is 9.30. The predicted molar refractivity (Wildman–Crippen MR) is 298 cm³/mol. The van der Waals surface area contributed by atoms with Crippen LogP contribution in [0.4, 0.5) is 0 Å². The van der Waals surface area contributed by atoms with Crippen LogP contribution in [-0.2, 0) is 28.6 Å². The van der Waals surface area contributed by atoms with Gasteiger partial charge in [0.1, 0.15) is 13.2 Å². The summed E-state index contributed by atoms with van der Waals surface area (Å²) in [6.45, 7) is 6.68. The van der Waals surface area contributed by atoms with Gasteiger partial charge in [-0.05, 0) is 51.4 Å². The van der Waals surface area contributed by atoms with Gasteiger partial charge in [0, 0.05) is 19.3 Å². The number of esters is 3. The van der Waals surface area contributed by atoms with E-state index in [0.29, 0.717) is 19.3 Å². The quantitative estimate of drug-likeness (QED) is 0.0261. The molecule has 69 heavy (non-hydrogen) atoms. The molecule has 0 spiro atoms. The average molecular weight is 972 g/mol. The molecule has 0 aliphatic heterocycles. The Hall–Kier alpha value is -2.11. The van der Waals surface area contributed by atoms with Crippen molar-refractivity contribution in [3.63, 3.8) is 0 Å². The second-order valence-electron chi connectivity index (χ2n) is 21.0.